The Labute approximate surface area is 397 Å². The average molecular weight is 985 g/mol. The molecule has 0 aliphatic heterocycles. The zero-order valence-electron chi connectivity index (χ0n) is 41.5. The second-order valence-electron chi connectivity index (χ2n) is 18.6. The molecule has 364 valence electrons. The summed E-state index contributed by atoms with van der Waals surface area (Å²) in [6.45, 7) is 25.6. The molecule has 5 rings (SSSR count). The minimum absolute atomic E-state index is 0.0336. The normalized spacial score (nSPS) is 16.2. The van der Waals surface area contributed by atoms with Crippen LogP contribution in [0.2, 0.25) is 0 Å². The number of rotatable bonds is 20. The van der Waals surface area contributed by atoms with Gasteiger partial charge in [-0.15, -0.1) is 0 Å². The van der Waals surface area contributed by atoms with Gasteiger partial charge in [0.2, 0.25) is 40.1 Å². The largest absolute Gasteiger partial charge is 0.243 e. The van der Waals surface area contributed by atoms with Gasteiger partial charge in [-0.3, -0.25) is 0 Å². The van der Waals surface area contributed by atoms with Gasteiger partial charge in [0, 0.05) is 51.4 Å². The van der Waals surface area contributed by atoms with Crippen LogP contribution in [-0.2, 0) is 40.1 Å². The summed E-state index contributed by atoms with van der Waals surface area (Å²) in [7, 11) is -16.5. The third-order valence-electron chi connectivity index (χ3n) is 13.0. The first kappa shape index (κ1) is 53.5. The molecular weight excluding hydrogens is 913 g/mol. The molecule has 1 aliphatic rings. The first-order valence-electron chi connectivity index (χ1n) is 23.0. The molecule has 1 aliphatic carbocycles. The van der Waals surface area contributed by atoms with Gasteiger partial charge in [0.1, 0.15) is 0 Å². The summed E-state index contributed by atoms with van der Waals surface area (Å²) in [5.74, 6) is 0. The summed E-state index contributed by atoms with van der Waals surface area (Å²) in [6, 6.07) is 13.1. The Kier molecular flexibility index (Phi) is 16.7. The van der Waals surface area contributed by atoms with E-state index >= 15 is 16.8 Å². The third-order valence-corrected chi connectivity index (χ3v) is 22.0. The van der Waals surface area contributed by atoms with E-state index in [1.807, 2.05) is 76.2 Å². The van der Waals surface area contributed by atoms with Gasteiger partial charge in [-0.05, 0) is 153 Å². The van der Waals surface area contributed by atoms with Crippen molar-refractivity contribution in [2.75, 3.05) is 39.3 Å². The van der Waals surface area contributed by atoms with E-state index in [-0.39, 0.29) is 71.7 Å². The van der Waals surface area contributed by atoms with Crippen LogP contribution in [0.1, 0.15) is 106 Å². The van der Waals surface area contributed by atoms with Crippen molar-refractivity contribution < 1.29 is 33.7 Å². The number of benzene rings is 4. The lowest BCUT2D eigenvalue weighted by molar-refractivity contribution is 0.0973. The zero-order valence-corrected chi connectivity index (χ0v) is 44.8. The number of hydrogen-bond acceptors (Lipinski definition) is 8. The summed E-state index contributed by atoms with van der Waals surface area (Å²) in [5.41, 5.74) is 8.51. The third kappa shape index (κ3) is 10.7. The molecule has 0 bridgehead atoms. The molecule has 0 aromatic heterocycles. The fourth-order valence-corrected chi connectivity index (χ4v) is 18.6. The highest BCUT2D eigenvalue weighted by molar-refractivity contribution is 7.90. The van der Waals surface area contributed by atoms with Gasteiger partial charge in [0.05, 0.1) is 19.6 Å². The van der Waals surface area contributed by atoms with Crippen LogP contribution >= 0.6 is 0 Å². The minimum atomic E-state index is -4.29. The monoisotopic (exact) mass is 984 g/mol. The standard InChI is InChI=1S/C50H72N4O8S4/c1-15-51(63(55,56)47-37(7)25-33(3)26-38(47)8)21-17-23-53(65(59,60)49-41(11)29-35(5)30-42(49)12)45-19-20-46(45)54(66(61,62)50-43(13)31-36(6)32-44(50)14)24-18-22-52(16-2)64(57,58)48-39(9)27-34(4)28-40(48)10/h25-32,45-46H,15-24H2,1-14H3/t45-,46+. The quantitative estimate of drug-likeness (QED) is 0.0854. The molecule has 0 amide bonds. The molecular formula is C50H72N4O8S4. The van der Waals surface area contributed by atoms with E-state index in [0.717, 1.165) is 22.3 Å². The van der Waals surface area contributed by atoms with Gasteiger partial charge in [-0.2, -0.15) is 17.2 Å². The molecule has 16 heteroatoms. The van der Waals surface area contributed by atoms with Crippen LogP contribution in [0.25, 0.3) is 0 Å². The molecule has 0 N–H and O–H groups in total. The smallest absolute Gasteiger partial charge is 0.207 e. The number of nitrogens with zero attached hydrogens (tertiary/aromatic N) is 4. The van der Waals surface area contributed by atoms with Crippen LogP contribution in [-0.4, -0.2) is 102 Å². The summed E-state index contributed by atoms with van der Waals surface area (Å²) in [6.07, 6.45) is 1.02. The van der Waals surface area contributed by atoms with Gasteiger partial charge in [-0.25, -0.2) is 33.7 Å². The highest BCUT2D eigenvalue weighted by Crippen LogP contribution is 2.40. The van der Waals surface area contributed by atoms with Gasteiger partial charge in [0.25, 0.3) is 0 Å². The summed E-state index contributed by atoms with van der Waals surface area (Å²) < 4.78 is 124. The van der Waals surface area contributed by atoms with Crippen LogP contribution in [0.15, 0.2) is 68.1 Å². The van der Waals surface area contributed by atoms with Gasteiger partial charge in [-0.1, -0.05) is 84.6 Å². The molecule has 4 aromatic carbocycles. The Balaban J connectivity index is 1.57. The van der Waals surface area contributed by atoms with Crippen molar-refractivity contribution in [2.24, 2.45) is 0 Å². The molecule has 0 heterocycles. The molecule has 12 nitrogen and oxygen atoms in total. The molecule has 0 radical (unpaired) electrons. The molecule has 2 atom stereocenters. The molecule has 4 aromatic rings. The van der Waals surface area contributed by atoms with Crippen LogP contribution in [0.5, 0.6) is 0 Å². The SMILES string of the molecule is CCN(CCCN([C@@H]1CC[C@@H]1N(CCCN(CC)S(=O)(=O)c1c(C)cc(C)cc1C)S(=O)(=O)c1c(C)cc(C)cc1C)S(=O)(=O)c1c(C)cc(C)cc1C)S(=O)(=O)c1c(C)cc(C)cc1C. The topological polar surface area (TPSA) is 150 Å². The average Bonchev–Trinajstić information content (AvgIpc) is 3.14. The highest BCUT2D eigenvalue weighted by atomic mass is 32.2. The Morgan fingerprint density at radius 1 is 0.364 bits per heavy atom. The lowest BCUT2D eigenvalue weighted by Gasteiger charge is -2.48. The van der Waals surface area contributed by atoms with Crippen molar-refractivity contribution in [3.8, 4) is 0 Å². The van der Waals surface area contributed by atoms with Gasteiger partial charge >= 0.3 is 0 Å². The maximum atomic E-state index is 15.3. The second-order valence-corrected chi connectivity index (χ2v) is 26.0. The Bertz CT molecular complexity index is 2640. The van der Waals surface area contributed by atoms with Crippen LogP contribution < -0.4 is 0 Å². The lowest BCUT2D eigenvalue weighted by Crippen LogP contribution is -2.61. The number of hydrogen-bond donors (Lipinski definition) is 0. The molecule has 0 unspecified atom stereocenters. The van der Waals surface area contributed by atoms with Crippen molar-refractivity contribution in [1.29, 1.82) is 0 Å². The van der Waals surface area contributed by atoms with Gasteiger partial charge in [0.15, 0.2) is 0 Å². The summed E-state index contributed by atoms with van der Waals surface area (Å²) >= 11 is 0. The van der Waals surface area contributed by atoms with E-state index < -0.39 is 52.2 Å². The first-order chi connectivity index (χ1) is 30.6. The van der Waals surface area contributed by atoms with Crippen LogP contribution in [0.4, 0.5) is 0 Å². The Morgan fingerprint density at radius 2 is 0.576 bits per heavy atom. The summed E-state index contributed by atoms with van der Waals surface area (Å²) in [4.78, 5) is 0.778. The lowest BCUT2D eigenvalue weighted by atomic mass is 9.86. The van der Waals surface area contributed by atoms with Gasteiger partial charge < -0.3 is 0 Å². The predicted molar refractivity (Wildman–Crippen MR) is 265 cm³/mol. The number of sulfonamides is 4. The molecule has 0 spiro atoms. The highest BCUT2D eigenvalue weighted by Gasteiger charge is 2.49. The van der Waals surface area contributed by atoms with Crippen molar-refractivity contribution in [3.05, 3.63) is 115 Å². The van der Waals surface area contributed by atoms with Crippen molar-refractivity contribution in [3.63, 3.8) is 0 Å². The molecule has 66 heavy (non-hydrogen) atoms. The molecule has 1 fully saturated rings. The molecule has 1 saturated carbocycles. The zero-order chi connectivity index (χ0) is 49.4. The minimum Gasteiger partial charge on any atom is -0.207 e. The number of aryl methyl sites for hydroxylation is 12. The Morgan fingerprint density at radius 3 is 0.773 bits per heavy atom. The van der Waals surface area contributed by atoms with Crippen LogP contribution in [0.3, 0.4) is 0 Å². The van der Waals surface area contributed by atoms with E-state index in [0.29, 0.717) is 57.3 Å². The fourth-order valence-electron chi connectivity index (χ4n) is 10.6. The van der Waals surface area contributed by atoms with E-state index in [1.54, 1.807) is 69.2 Å². The first-order valence-corrected chi connectivity index (χ1v) is 28.7. The summed E-state index contributed by atoms with van der Waals surface area (Å²) in [5, 5.41) is 0. The van der Waals surface area contributed by atoms with Crippen molar-refractivity contribution >= 4 is 40.1 Å². The second kappa shape index (κ2) is 20.6. The van der Waals surface area contributed by atoms with Crippen molar-refractivity contribution in [2.45, 2.75) is 154 Å². The van der Waals surface area contributed by atoms with E-state index in [4.69, 9.17) is 0 Å². The maximum Gasteiger partial charge on any atom is 0.243 e. The van der Waals surface area contributed by atoms with Crippen molar-refractivity contribution in [1.82, 2.24) is 17.2 Å². The fraction of sp³-hybridized carbons (Fsp3) is 0.520. The van der Waals surface area contributed by atoms with E-state index in [2.05, 4.69) is 0 Å². The van der Waals surface area contributed by atoms with Crippen LogP contribution in [0, 0.1) is 83.1 Å². The predicted octanol–water partition coefficient (Wildman–Crippen LogP) is 8.80. The van der Waals surface area contributed by atoms with E-state index in [9.17, 15) is 16.8 Å². The Hall–Kier alpha value is -3.48. The maximum absolute atomic E-state index is 15.3. The van der Waals surface area contributed by atoms with E-state index in [1.165, 1.54) is 17.2 Å². The molecule has 0 saturated heterocycles.